The van der Waals surface area contributed by atoms with Crippen LogP contribution in [0, 0.1) is 6.92 Å². The highest BCUT2D eigenvalue weighted by Crippen LogP contribution is 2.22. The van der Waals surface area contributed by atoms with E-state index in [9.17, 15) is 0 Å². The number of nitrogens with one attached hydrogen (secondary N) is 1. The van der Waals surface area contributed by atoms with Crippen LogP contribution >= 0.6 is 0 Å². The van der Waals surface area contributed by atoms with E-state index >= 15 is 0 Å². The Morgan fingerprint density at radius 2 is 2.20 bits per heavy atom. The maximum absolute atomic E-state index is 4.53. The van der Waals surface area contributed by atoms with Crippen LogP contribution in [0.4, 0.5) is 5.69 Å². The maximum Gasteiger partial charge on any atom is 0.0927 e. The Labute approximate surface area is 90.1 Å². The summed E-state index contributed by atoms with van der Waals surface area (Å²) in [7, 11) is 1.95. The Morgan fingerprint density at radius 3 is 2.87 bits per heavy atom. The van der Waals surface area contributed by atoms with E-state index in [1.807, 2.05) is 11.7 Å². The van der Waals surface area contributed by atoms with Gasteiger partial charge >= 0.3 is 0 Å². The van der Waals surface area contributed by atoms with Gasteiger partial charge in [-0.2, -0.15) is 5.10 Å². The van der Waals surface area contributed by atoms with E-state index in [1.165, 1.54) is 16.6 Å². The molecule has 0 saturated heterocycles. The minimum Gasteiger partial charge on any atom is -0.388 e. The molecular formula is C12H17N3. The van der Waals surface area contributed by atoms with Crippen molar-refractivity contribution in [2.45, 2.75) is 26.8 Å². The van der Waals surface area contributed by atoms with Crippen LogP contribution < -0.4 is 5.32 Å². The first-order chi connectivity index (χ1) is 7.24. The third-order valence-electron chi connectivity index (χ3n) is 2.62. The van der Waals surface area contributed by atoms with Gasteiger partial charge < -0.3 is 5.32 Å². The van der Waals surface area contributed by atoms with Gasteiger partial charge in [0.25, 0.3) is 0 Å². The van der Waals surface area contributed by atoms with Crippen molar-refractivity contribution < 1.29 is 0 Å². The summed E-state index contributed by atoms with van der Waals surface area (Å²) in [5.74, 6) is 0. The van der Waals surface area contributed by atoms with E-state index < -0.39 is 0 Å². The van der Waals surface area contributed by atoms with Crippen LogP contribution in [-0.2, 0) is 6.54 Å². The van der Waals surface area contributed by atoms with Gasteiger partial charge in [0.15, 0.2) is 0 Å². The normalized spacial score (nSPS) is 10.9. The quantitative estimate of drug-likeness (QED) is 0.831. The van der Waals surface area contributed by atoms with Crippen molar-refractivity contribution in [2.24, 2.45) is 0 Å². The maximum atomic E-state index is 4.53. The number of rotatable bonds is 3. The van der Waals surface area contributed by atoms with Crippen LogP contribution in [0.3, 0.4) is 0 Å². The van der Waals surface area contributed by atoms with E-state index in [-0.39, 0.29) is 0 Å². The van der Waals surface area contributed by atoms with Gasteiger partial charge in [0.2, 0.25) is 0 Å². The van der Waals surface area contributed by atoms with E-state index in [0.29, 0.717) is 0 Å². The summed E-state index contributed by atoms with van der Waals surface area (Å²) in [5.41, 5.74) is 3.50. The molecule has 1 aromatic carbocycles. The average molecular weight is 203 g/mol. The molecule has 1 N–H and O–H groups in total. The van der Waals surface area contributed by atoms with Crippen LogP contribution in [0.15, 0.2) is 18.3 Å². The van der Waals surface area contributed by atoms with Gasteiger partial charge in [-0.05, 0) is 31.0 Å². The number of hydrogen-bond acceptors (Lipinski definition) is 2. The Morgan fingerprint density at radius 1 is 1.40 bits per heavy atom. The van der Waals surface area contributed by atoms with Crippen LogP contribution in [-0.4, -0.2) is 16.8 Å². The Balaban J connectivity index is 2.51. The molecule has 3 nitrogen and oxygen atoms in total. The van der Waals surface area contributed by atoms with Crippen LogP contribution in [0.1, 0.15) is 18.9 Å². The molecule has 0 spiro atoms. The number of anilines is 1. The molecule has 0 aliphatic carbocycles. The molecule has 0 aliphatic heterocycles. The zero-order chi connectivity index (χ0) is 10.8. The van der Waals surface area contributed by atoms with Crippen LogP contribution in [0.5, 0.6) is 0 Å². The van der Waals surface area contributed by atoms with Gasteiger partial charge in [-0.3, -0.25) is 4.68 Å². The van der Waals surface area contributed by atoms with Gasteiger partial charge in [-0.15, -0.1) is 0 Å². The van der Waals surface area contributed by atoms with Crippen molar-refractivity contribution in [3.63, 3.8) is 0 Å². The summed E-state index contributed by atoms with van der Waals surface area (Å²) in [6.07, 6.45) is 3.23. The summed E-state index contributed by atoms with van der Waals surface area (Å²) < 4.78 is 2.02. The average Bonchev–Trinajstić information content (AvgIpc) is 2.58. The van der Waals surface area contributed by atoms with E-state index in [2.05, 4.69) is 42.6 Å². The Bertz CT molecular complexity index is 471. The predicted octanol–water partition coefficient (Wildman–Crippen LogP) is 2.80. The van der Waals surface area contributed by atoms with Crippen molar-refractivity contribution in [2.75, 3.05) is 12.4 Å². The molecular weight excluding hydrogens is 186 g/mol. The highest BCUT2D eigenvalue weighted by molar-refractivity contribution is 5.83. The lowest BCUT2D eigenvalue weighted by Crippen LogP contribution is -1.95. The van der Waals surface area contributed by atoms with Crippen LogP contribution in [0.25, 0.3) is 10.9 Å². The molecule has 2 rings (SSSR count). The standard InChI is InChI=1S/C12H17N3/c1-4-5-15-8-10-7-11(13-3)9(2)6-12(10)14-15/h6-8,13H,4-5H2,1-3H3. The van der Waals surface area contributed by atoms with E-state index in [1.54, 1.807) is 0 Å². The fourth-order valence-electron chi connectivity index (χ4n) is 1.84. The van der Waals surface area contributed by atoms with Crippen LogP contribution in [0.2, 0.25) is 0 Å². The number of fused-ring (bicyclic) bond motifs is 1. The summed E-state index contributed by atoms with van der Waals surface area (Å²) in [6.45, 7) is 5.25. The molecule has 0 atom stereocenters. The van der Waals surface area contributed by atoms with Crippen molar-refractivity contribution in [1.29, 1.82) is 0 Å². The number of aromatic nitrogens is 2. The largest absolute Gasteiger partial charge is 0.388 e. The predicted molar refractivity (Wildman–Crippen MR) is 64.3 cm³/mol. The van der Waals surface area contributed by atoms with Crippen molar-refractivity contribution in [1.82, 2.24) is 9.78 Å². The molecule has 80 valence electrons. The number of aryl methyl sites for hydroxylation is 2. The van der Waals surface area contributed by atoms with Gasteiger partial charge in [-0.1, -0.05) is 6.92 Å². The lowest BCUT2D eigenvalue weighted by Gasteiger charge is -2.03. The second kappa shape index (κ2) is 3.93. The third kappa shape index (κ3) is 1.82. The first kappa shape index (κ1) is 10.0. The topological polar surface area (TPSA) is 29.9 Å². The SMILES string of the molecule is CCCn1cc2cc(NC)c(C)cc2n1. The smallest absolute Gasteiger partial charge is 0.0927 e. The lowest BCUT2D eigenvalue weighted by molar-refractivity contribution is 0.609. The highest BCUT2D eigenvalue weighted by atomic mass is 15.3. The minimum absolute atomic E-state index is 0.989. The molecule has 0 aliphatic rings. The van der Waals surface area contributed by atoms with Crippen molar-refractivity contribution in [3.8, 4) is 0 Å². The molecule has 0 bridgehead atoms. The summed E-state index contributed by atoms with van der Waals surface area (Å²) >= 11 is 0. The molecule has 1 aromatic heterocycles. The van der Waals surface area contributed by atoms with E-state index in [0.717, 1.165) is 18.5 Å². The summed E-state index contributed by atoms with van der Waals surface area (Å²) in [6, 6.07) is 4.29. The van der Waals surface area contributed by atoms with Crippen molar-refractivity contribution >= 4 is 16.6 Å². The minimum atomic E-state index is 0.989. The molecule has 0 unspecified atom stereocenters. The zero-order valence-corrected chi connectivity index (χ0v) is 9.54. The summed E-state index contributed by atoms with van der Waals surface area (Å²) in [4.78, 5) is 0. The Hall–Kier alpha value is -1.51. The molecule has 1 heterocycles. The van der Waals surface area contributed by atoms with Gasteiger partial charge in [0.05, 0.1) is 5.52 Å². The summed E-state index contributed by atoms with van der Waals surface area (Å²) in [5, 5.41) is 8.93. The fraction of sp³-hybridized carbons (Fsp3) is 0.417. The molecule has 2 aromatic rings. The second-order valence-corrected chi connectivity index (χ2v) is 3.87. The van der Waals surface area contributed by atoms with Gasteiger partial charge in [0.1, 0.15) is 0 Å². The first-order valence-electron chi connectivity index (χ1n) is 5.40. The highest BCUT2D eigenvalue weighted by Gasteiger charge is 2.03. The number of nitrogens with zero attached hydrogens (tertiary/aromatic N) is 2. The molecule has 0 saturated carbocycles. The number of benzene rings is 1. The van der Waals surface area contributed by atoms with Gasteiger partial charge in [-0.25, -0.2) is 0 Å². The fourth-order valence-corrected chi connectivity index (χ4v) is 1.84. The van der Waals surface area contributed by atoms with E-state index in [4.69, 9.17) is 0 Å². The second-order valence-electron chi connectivity index (χ2n) is 3.87. The lowest BCUT2D eigenvalue weighted by atomic mass is 10.1. The number of hydrogen-bond donors (Lipinski definition) is 1. The third-order valence-corrected chi connectivity index (χ3v) is 2.62. The molecule has 15 heavy (non-hydrogen) atoms. The molecule has 0 amide bonds. The Kier molecular flexibility index (Phi) is 2.62. The van der Waals surface area contributed by atoms with Crippen molar-refractivity contribution in [3.05, 3.63) is 23.9 Å². The molecule has 0 radical (unpaired) electrons. The zero-order valence-electron chi connectivity index (χ0n) is 9.54. The van der Waals surface area contributed by atoms with Gasteiger partial charge in [0, 0.05) is 30.9 Å². The first-order valence-corrected chi connectivity index (χ1v) is 5.40. The monoisotopic (exact) mass is 203 g/mol. The molecule has 0 fully saturated rings. The molecule has 3 heteroatoms.